The second-order valence-corrected chi connectivity index (χ2v) is 4.73. The fourth-order valence-electron chi connectivity index (χ4n) is 1.73. The third-order valence-electron chi connectivity index (χ3n) is 2.91. The van der Waals surface area contributed by atoms with Crippen molar-refractivity contribution in [3.63, 3.8) is 0 Å². The molecule has 0 saturated heterocycles. The Morgan fingerprint density at radius 2 is 1.74 bits per heavy atom. The summed E-state index contributed by atoms with van der Waals surface area (Å²) < 4.78 is 5.57. The van der Waals surface area contributed by atoms with E-state index in [4.69, 9.17) is 4.74 Å². The van der Waals surface area contributed by atoms with Crippen molar-refractivity contribution in [1.82, 2.24) is 0 Å². The van der Waals surface area contributed by atoms with Crippen LogP contribution in [0.1, 0.15) is 52.4 Å². The topological polar surface area (TPSA) is 38.3 Å². The van der Waals surface area contributed by atoms with E-state index in [1.807, 2.05) is 24.3 Å². The second kappa shape index (κ2) is 9.42. The van der Waals surface area contributed by atoms with Gasteiger partial charge in [0, 0.05) is 12.1 Å². The molecular weight excluding hydrogens is 238 g/mol. The van der Waals surface area contributed by atoms with Crippen LogP contribution >= 0.6 is 0 Å². The number of rotatable bonds is 9. The van der Waals surface area contributed by atoms with Crippen LogP contribution in [-0.2, 0) is 4.79 Å². The van der Waals surface area contributed by atoms with E-state index in [9.17, 15) is 4.79 Å². The van der Waals surface area contributed by atoms with Gasteiger partial charge in [0.1, 0.15) is 5.75 Å². The summed E-state index contributed by atoms with van der Waals surface area (Å²) >= 11 is 0. The van der Waals surface area contributed by atoms with E-state index in [2.05, 4.69) is 19.2 Å². The molecule has 0 aliphatic carbocycles. The highest BCUT2D eigenvalue weighted by Crippen LogP contribution is 2.16. The first-order chi connectivity index (χ1) is 9.26. The van der Waals surface area contributed by atoms with Crippen molar-refractivity contribution in [2.45, 2.75) is 52.4 Å². The molecule has 1 rings (SSSR count). The Morgan fingerprint density at radius 3 is 2.37 bits per heavy atom. The maximum Gasteiger partial charge on any atom is 0.224 e. The Balaban J connectivity index is 2.32. The van der Waals surface area contributed by atoms with Gasteiger partial charge in [-0.3, -0.25) is 4.79 Å². The molecule has 1 amide bonds. The monoisotopic (exact) mass is 263 g/mol. The lowest BCUT2D eigenvalue weighted by Crippen LogP contribution is -2.10. The lowest BCUT2D eigenvalue weighted by Gasteiger charge is -2.08. The van der Waals surface area contributed by atoms with Crippen LogP contribution in [0.2, 0.25) is 0 Å². The van der Waals surface area contributed by atoms with Crippen molar-refractivity contribution < 1.29 is 9.53 Å². The molecule has 106 valence electrons. The normalized spacial score (nSPS) is 10.2. The number of anilines is 1. The van der Waals surface area contributed by atoms with E-state index in [1.165, 1.54) is 0 Å². The predicted molar refractivity (Wildman–Crippen MR) is 79.6 cm³/mol. The molecule has 0 aromatic heterocycles. The highest BCUT2D eigenvalue weighted by atomic mass is 16.5. The summed E-state index contributed by atoms with van der Waals surface area (Å²) in [5.74, 6) is 0.950. The van der Waals surface area contributed by atoms with E-state index in [0.717, 1.165) is 50.1 Å². The fourth-order valence-corrected chi connectivity index (χ4v) is 1.73. The average Bonchev–Trinajstić information content (AvgIpc) is 2.41. The Labute approximate surface area is 116 Å². The summed E-state index contributed by atoms with van der Waals surface area (Å²) in [6.45, 7) is 5.02. The van der Waals surface area contributed by atoms with Gasteiger partial charge in [-0.25, -0.2) is 0 Å². The molecule has 0 heterocycles. The summed E-state index contributed by atoms with van der Waals surface area (Å²) in [5.41, 5.74) is 0.837. The summed E-state index contributed by atoms with van der Waals surface area (Å²) in [5, 5.41) is 2.90. The van der Waals surface area contributed by atoms with Gasteiger partial charge in [0.15, 0.2) is 0 Å². The zero-order valence-corrected chi connectivity index (χ0v) is 12.1. The average molecular weight is 263 g/mol. The van der Waals surface area contributed by atoms with Crippen LogP contribution in [0.3, 0.4) is 0 Å². The summed E-state index contributed by atoms with van der Waals surface area (Å²) in [6.07, 6.45) is 6.00. The van der Waals surface area contributed by atoms with Crippen LogP contribution in [0.15, 0.2) is 24.3 Å². The number of hydrogen-bond donors (Lipinski definition) is 1. The Kier molecular flexibility index (Phi) is 7.71. The highest BCUT2D eigenvalue weighted by Gasteiger charge is 2.02. The van der Waals surface area contributed by atoms with Crippen LogP contribution in [0, 0.1) is 0 Å². The van der Waals surface area contributed by atoms with Gasteiger partial charge in [-0.1, -0.05) is 33.1 Å². The number of nitrogens with one attached hydrogen (secondary N) is 1. The first kappa shape index (κ1) is 15.5. The van der Waals surface area contributed by atoms with E-state index in [1.54, 1.807) is 0 Å². The molecule has 0 atom stereocenters. The van der Waals surface area contributed by atoms with Crippen LogP contribution in [-0.4, -0.2) is 12.5 Å². The Bertz CT molecular complexity index is 360. The van der Waals surface area contributed by atoms with Gasteiger partial charge in [-0.05, 0) is 37.1 Å². The number of carbonyl (C=O) groups is 1. The van der Waals surface area contributed by atoms with Gasteiger partial charge in [-0.15, -0.1) is 0 Å². The summed E-state index contributed by atoms with van der Waals surface area (Å²) in [6, 6.07) is 7.58. The summed E-state index contributed by atoms with van der Waals surface area (Å²) in [4.78, 5) is 11.6. The molecule has 1 N–H and O–H groups in total. The van der Waals surface area contributed by atoms with Crippen molar-refractivity contribution in [3.05, 3.63) is 24.3 Å². The lowest BCUT2D eigenvalue weighted by molar-refractivity contribution is -0.116. The third-order valence-corrected chi connectivity index (χ3v) is 2.91. The van der Waals surface area contributed by atoms with Gasteiger partial charge in [0.25, 0.3) is 0 Å². The Hall–Kier alpha value is -1.51. The molecule has 0 aliphatic rings. The predicted octanol–water partition coefficient (Wildman–Crippen LogP) is 4.38. The van der Waals surface area contributed by atoms with Crippen LogP contribution in [0.5, 0.6) is 5.75 Å². The fraction of sp³-hybridized carbons (Fsp3) is 0.562. The third kappa shape index (κ3) is 6.85. The molecule has 0 saturated carbocycles. The molecule has 3 nitrogen and oxygen atoms in total. The number of hydrogen-bond acceptors (Lipinski definition) is 2. The minimum atomic E-state index is 0.0908. The smallest absolute Gasteiger partial charge is 0.224 e. The highest BCUT2D eigenvalue weighted by molar-refractivity contribution is 5.90. The molecule has 0 unspecified atom stereocenters. The zero-order chi connectivity index (χ0) is 13.9. The van der Waals surface area contributed by atoms with Crippen molar-refractivity contribution in [2.24, 2.45) is 0 Å². The maximum absolute atomic E-state index is 11.6. The molecule has 0 spiro atoms. The minimum absolute atomic E-state index is 0.0908. The zero-order valence-electron chi connectivity index (χ0n) is 12.1. The summed E-state index contributed by atoms with van der Waals surface area (Å²) in [7, 11) is 0. The number of unbranched alkanes of at least 4 members (excludes halogenated alkanes) is 3. The van der Waals surface area contributed by atoms with Crippen molar-refractivity contribution in [3.8, 4) is 5.75 Å². The maximum atomic E-state index is 11.6. The second-order valence-electron chi connectivity index (χ2n) is 4.73. The molecule has 0 bridgehead atoms. The van der Waals surface area contributed by atoms with Gasteiger partial charge in [-0.2, -0.15) is 0 Å². The van der Waals surface area contributed by atoms with Crippen LogP contribution in [0.25, 0.3) is 0 Å². The van der Waals surface area contributed by atoms with Crippen molar-refractivity contribution in [1.29, 1.82) is 0 Å². The van der Waals surface area contributed by atoms with Crippen LogP contribution in [0.4, 0.5) is 5.69 Å². The standard InChI is InChI=1S/C16H25NO2/c1-3-5-7-8-16(18)17-14-9-11-15(12-10-14)19-13-6-4-2/h9-12H,3-8,13H2,1-2H3,(H,17,18). The first-order valence-electron chi connectivity index (χ1n) is 7.29. The lowest BCUT2D eigenvalue weighted by atomic mass is 10.2. The van der Waals surface area contributed by atoms with Gasteiger partial charge < -0.3 is 10.1 Å². The molecule has 0 radical (unpaired) electrons. The molecule has 19 heavy (non-hydrogen) atoms. The number of ether oxygens (including phenoxy) is 1. The Morgan fingerprint density at radius 1 is 1.05 bits per heavy atom. The minimum Gasteiger partial charge on any atom is -0.494 e. The number of benzene rings is 1. The van der Waals surface area contributed by atoms with Gasteiger partial charge >= 0.3 is 0 Å². The first-order valence-corrected chi connectivity index (χ1v) is 7.29. The molecule has 0 aliphatic heterocycles. The molecule has 1 aromatic carbocycles. The SMILES string of the molecule is CCCCCC(=O)Nc1ccc(OCCCC)cc1. The van der Waals surface area contributed by atoms with E-state index in [-0.39, 0.29) is 5.91 Å². The van der Waals surface area contributed by atoms with E-state index >= 15 is 0 Å². The quantitative estimate of drug-likeness (QED) is 0.671. The molecular formula is C16H25NO2. The van der Waals surface area contributed by atoms with E-state index in [0.29, 0.717) is 6.42 Å². The molecule has 0 fully saturated rings. The largest absolute Gasteiger partial charge is 0.494 e. The van der Waals surface area contributed by atoms with E-state index < -0.39 is 0 Å². The number of carbonyl (C=O) groups excluding carboxylic acids is 1. The van der Waals surface area contributed by atoms with Crippen molar-refractivity contribution in [2.75, 3.05) is 11.9 Å². The molecule has 1 aromatic rings. The van der Waals surface area contributed by atoms with Crippen molar-refractivity contribution >= 4 is 11.6 Å². The molecule has 3 heteroatoms. The van der Waals surface area contributed by atoms with Crippen LogP contribution < -0.4 is 10.1 Å². The van der Waals surface area contributed by atoms with Gasteiger partial charge in [0.2, 0.25) is 5.91 Å². The van der Waals surface area contributed by atoms with Gasteiger partial charge in [0.05, 0.1) is 6.61 Å². The number of amides is 1.